The summed E-state index contributed by atoms with van der Waals surface area (Å²) in [6.45, 7) is 2.30. The lowest BCUT2D eigenvalue weighted by atomic mass is 10.1. The molecule has 1 aromatic heterocycles. The summed E-state index contributed by atoms with van der Waals surface area (Å²) in [4.78, 5) is 2.95. The van der Waals surface area contributed by atoms with Crippen molar-refractivity contribution in [2.45, 2.75) is 6.92 Å². The van der Waals surface area contributed by atoms with Crippen molar-refractivity contribution in [1.29, 1.82) is 5.41 Å². The predicted octanol–water partition coefficient (Wildman–Crippen LogP) is 4.53. The second-order valence-corrected chi connectivity index (χ2v) is 5.46. The zero-order chi connectivity index (χ0) is 18.7. The highest BCUT2D eigenvalue weighted by atomic mass is 19.1. The van der Waals surface area contributed by atoms with Crippen molar-refractivity contribution in [1.82, 2.24) is 4.98 Å². The number of nitrogens with one attached hydrogen (secondary N) is 2. The summed E-state index contributed by atoms with van der Waals surface area (Å²) in [6, 6.07) is 6.83. The molecule has 0 aliphatic heterocycles. The molecule has 2 aromatic carbocycles. The average molecular weight is 357 g/mol. The van der Waals surface area contributed by atoms with Crippen LogP contribution < -0.4 is 10.5 Å². The molecule has 0 radical (unpaired) electrons. The first-order valence-corrected chi connectivity index (χ1v) is 7.90. The number of H-pyrrole nitrogens is 1. The third kappa shape index (κ3) is 3.37. The highest BCUT2D eigenvalue weighted by molar-refractivity contribution is 5.95. The topological polar surface area (TPSA) is 84.1 Å². The summed E-state index contributed by atoms with van der Waals surface area (Å²) in [6.07, 6.45) is 4.75. The molecule has 0 atom stereocenters. The van der Waals surface area contributed by atoms with Gasteiger partial charge in [-0.3, -0.25) is 5.41 Å². The maximum atomic E-state index is 14.6. The number of aromatic amines is 1. The largest absolute Gasteiger partial charge is 0.501 e. The van der Waals surface area contributed by atoms with Gasteiger partial charge in [-0.25, -0.2) is 8.78 Å². The van der Waals surface area contributed by atoms with Crippen LogP contribution in [0.1, 0.15) is 18.1 Å². The molecule has 0 unspecified atom stereocenters. The van der Waals surface area contributed by atoms with Crippen LogP contribution in [0.3, 0.4) is 0 Å². The lowest BCUT2D eigenvalue weighted by Gasteiger charge is -2.12. The second-order valence-electron chi connectivity index (χ2n) is 5.46. The molecule has 0 saturated heterocycles. The van der Waals surface area contributed by atoms with Crippen molar-refractivity contribution >= 4 is 22.8 Å². The maximum absolute atomic E-state index is 14.6. The van der Waals surface area contributed by atoms with E-state index >= 15 is 0 Å². The summed E-state index contributed by atoms with van der Waals surface area (Å²) in [5.41, 5.74) is 6.33. The van der Waals surface area contributed by atoms with Crippen LogP contribution in [0.15, 0.2) is 42.8 Å². The molecule has 5 nitrogen and oxygen atoms in total. The van der Waals surface area contributed by atoms with Crippen molar-refractivity contribution in [2.75, 3.05) is 6.61 Å². The predicted molar refractivity (Wildman–Crippen MR) is 96.4 cm³/mol. The number of fused-ring (bicyclic) bond motifs is 1. The minimum absolute atomic E-state index is 0.0332. The van der Waals surface area contributed by atoms with Gasteiger partial charge >= 0.3 is 0 Å². The zero-order valence-corrected chi connectivity index (χ0v) is 14.0. The van der Waals surface area contributed by atoms with E-state index in [1.807, 2.05) is 6.92 Å². The van der Waals surface area contributed by atoms with E-state index in [9.17, 15) is 8.78 Å². The number of halogens is 2. The number of hydrogen-bond acceptors (Lipinski definition) is 3. The Hall–Kier alpha value is -3.35. The van der Waals surface area contributed by atoms with Crippen LogP contribution in [-0.2, 0) is 4.74 Å². The molecule has 0 saturated carbocycles. The quantitative estimate of drug-likeness (QED) is 0.344. The van der Waals surface area contributed by atoms with Gasteiger partial charge in [-0.1, -0.05) is 0 Å². The van der Waals surface area contributed by atoms with Gasteiger partial charge in [0.25, 0.3) is 0 Å². The third-order valence-electron chi connectivity index (χ3n) is 3.75. The van der Waals surface area contributed by atoms with Gasteiger partial charge < -0.3 is 20.2 Å². The van der Waals surface area contributed by atoms with Crippen LogP contribution in [0.4, 0.5) is 8.78 Å². The first kappa shape index (κ1) is 17.5. The van der Waals surface area contributed by atoms with Crippen LogP contribution in [0, 0.1) is 17.0 Å². The summed E-state index contributed by atoms with van der Waals surface area (Å²) in [5.74, 6) is -1.55. The first-order valence-electron chi connectivity index (χ1n) is 7.90. The van der Waals surface area contributed by atoms with E-state index in [-0.39, 0.29) is 17.1 Å². The number of benzene rings is 2. The lowest BCUT2D eigenvalue weighted by molar-refractivity contribution is 0.272. The molecule has 3 rings (SSSR count). The van der Waals surface area contributed by atoms with Crippen LogP contribution in [-0.4, -0.2) is 17.4 Å². The number of aromatic nitrogens is 1. The van der Waals surface area contributed by atoms with Gasteiger partial charge in [0.05, 0.1) is 18.4 Å². The van der Waals surface area contributed by atoms with Gasteiger partial charge in [-0.15, -0.1) is 0 Å². The van der Waals surface area contributed by atoms with E-state index in [1.54, 1.807) is 18.3 Å². The van der Waals surface area contributed by atoms with Crippen molar-refractivity contribution in [3.05, 3.63) is 65.6 Å². The Kier molecular flexibility index (Phi) is 4.88. The van der Waals surface area contributed by atoms with Crippen LogP contribution in [0.5, 0.6) is 11.5 Å². The summed E-state index contributed by atoms with van der Waals surface area (Å²) in [7, 11) is 0. The van der Waals surface area contributed by atoms with Crippen LogP contribution in [0.25, 0.3) is 17.0 Å². The molecule has 134 valence electrons. The van der Waals surface area contributed by atoms with Gasteiger partial charge in [-0.2, -0.15) is 0 Å². The highest BCUT2D eigenvalue weighted by Crippen LogP contribution is 2.35. The summed E-state index contributed by atoms with van der Waals surface area (Å²) < 4.78 is 39.2. The Morgan fingerprint density at radius 1 is 1.23 bits per heavy atom. The normalized spacial score (nSPS) is 11.2. The molecule has 0 fully saturated rings. The van der Waals surface area contributed by atoms with E-state index in [2.05, 4.69) is 4.98 Å². The molecule has 0 spiro atoms. The molecular formula is C19H17F2N3O2. The van der Waals surface area contributed by atoms with Crippen LogP contribution >= 0.6 is 0 Å². The Morgan fingerprint density at radius 2 is 2.04 bits per heavy atom. The fourth-order valence-corrected chi connectivity index (χ4v) is 2.55. The van der Waals surface area contributed by atoms with Gasteiger partial charge in [0.1, 0.15) is 17.4 Å². The molecule has 0 bridgehead atoms. The van der Waals surface area contributed by atoms with E-state index in [0.29, 0.717) is 17.7 Å². The van der Waals surface area contributed by atoms with E-state index in [1.165, 1.54) is 24.5 Å². The third-order valence-corrected chi connectivity index (χ3v) is 3.75. The summed E-state index contributed by atoms with van der Waals surface area (Å²) in [5, 5.41) is 8.15. The van der Waals surface area contributed by atoms with Crippen LogP contribution in [0.2, 0.25) is 0 Å². The number of nitrogen functional groups attached to an aromatic ring is 1. The Morgan fingerprint density at radius 3 is 2.77 bits per heavy atom. The smallest absolute Gasteiger partial charge is 0.171 e. The molecule has 7 heteroatoms. The minimum atomic E-state index is -0.650. The van der Waals surface area contributed by atoms with Gasteiger partial charge in [0.15, 0.2) is 11.6 Å². The van der Waals surface area contributed by atoms with Crippen molar-refractivity contribution in [2.24, 2.45) is 5.73 Å². The maximum Gasteiger partial charge on any atom is 0.171 e. The minimum Gasteiger partial charge on any atom is -0.501 e. The Balaban J connectivity index is 2.09. The molecule has 3 aromatic rings. The average Bonchev–Trinajstić information content (AvgIpc) is 3.06. The Bertz CT molecular complexity index is 996. The number of hydrogen-bond donors (Lipinski definition) is 3. The van der Waals surface area contributed by atoms with Crippen molar-refractivity contribution in [3.63, 3.8) is 0 Å². The molecule has 1 heterocycles. The van der Waals surface area contributed by atoms with Crippen molar-refractivity contribution in [3.8, 4) is 11.5 Å². The molecular weight excluding hydrogens is 340 g/mol. The molecule has 0 aliphatic carbocycles. The van der Waals surface area contributed by atoms with Crippen molar-refractivity contribution < 1.29 is 18.3 Å². The SMILES string of the molecule is CCO/C=C\c1c(Oc2ccc(F)c(C(=N)N)c2)c(F)cc2[nH]ccc12. The monoisotopic (exact) mass is 357 g/mol. The fraction of sp³-hybridized carbons (Fsp3) is 0.105. The Labute approximate surface area is 148 Å². The number of ether oxygens (including phenoxy) is 2. The van der Waals surface area contributed by atoms with E-state index in [0.717, 1.165) is 11.5 Å². The summed E-state index contributed by atoms with van der Waals surface area (Å²) >= 11 is 0. The number of nitrogens with two attached hydrogens (primary N) is 1. The number of rotatable bonds is 6. The second kappa shape index (κ2) is 7.26. The molecule has 0 aliphatic rings. The molecule has 26 heavy (non-hydrogen) atoms. The highest BCUT2D eigenvalue weighted by Gasteiger charge is 2.16. The fourth-order valence-electron chi connectivity index (χ4n) is 2.55. The number of amidine groups is 1. The lowest BCUT2D eigenvalue weighted by Crippen LogP contribution is -2.13. The molecule has 4 N–H and O–H groups in total. The molecule has 0 amide bonds. The van der Waals surface area contributed by atoms with E-state index in [4.69, 9.17) is 20.6 Å². The first-order chi connectivity index (χ1) is 12.5. The van der Waals surface area contributed by atoms with E-state index < -0.39 is 17.5 Å². The van der Waals surface area contributed by atoms with Gasteiger partial charge in [0, 0.05) is 28.7 Å². The standard InChI is InChI=1S/C19H17F2N3O2/c1-2-25-8-6-13-12-5-7-24-17(12)10-16(21)18(13)26-11-3-4-15(20)14(9-11)19(22)23/h3-10,24H,2H2,1H3,(H3,22,23)/b8-6-. The zero-order valence-electron chi connectivity index (χ0n) is 14.0. The van der Waals surface area contributed by atoms with Gasteiger partial charge in [0.2, 0.25) is 0 Å². The van der Waals surface area contributed by atoms with Gasteiger partial charge in [-0.05, 0) is 37.3 Å².